The predicted octanol–water partition coefficient (Wildman–Crippen LogP) is 0.907. The number of nitrogens with zero attached hydrogens (tertiary/aromatic N) is 1. The molecule has 0 radical (unpaired) electrons. The van der Waals surface area contributed by atoms with Gasteiger partial charge in [-0.1, -0.05) is 12.1 Å². The van der Waals surface area contributed by atoms with Gasteiger partial charge in [-0.05, 0) is 12.1 Å². The first-order chi connectivity index (χ1) is 8.20. The Kier molecular flexibility index (Phi) is 5.59. The Morgan fingerprint density at radius 1 is 1.41 bits per heavy atom. The normalized spacial score (nSPS) is 10.3. The molecule has 0 aromatic heterocycles. The van der Waals surface area contributed by atoms with Gasteiger partial charge in [0.15, 0.2) is 0 Å². The minimum Gasteiger partial charge on any atom is -0.395 e. The molecule has 0 spiro atoms. The lowest BCUT2D eigenvalue weighted by Crippen LogP contribution is -2.36. The number of ether oxygens (including phenoxy) is 1. The number of hydrogen-bond acceptors (Lipinski definition) is 3. The number of amides is 1. The van der Waals surface area contributed by atoms with Crippen LogP contribution >= 0.6 is 0 Å². The van der Waals surface area contributed by atoms with Gasteiger partial charge in [0.1, 0.15) is 5.82 Å². The summed E-state index contributed by atoms with van der Waals surface area (Å²) in [6.45, 7) is 0.671. The highest BCUT2D eigenvalue weighted by Gasteiger charge is 2.17. The van der Waals surface area contributed by atoms with Crippen LogP contribution in [0.5, 0.6) is 0 Å². The SMILES string of the molecule is COCCN(CCO)C(=O)c1ccccc1F. The van der Waals surface area contributed by atoms with Crippen molar-refractivity contribution in [2.24, 2.45) is 0 Å². The van der Waals surface area contributed by atoms with Gasteiger partial charge in [0, 0.05) is 20.2 Å². The van der Waals surface area contributed by atoms with Gasteiger partial charge in [-0.2, -0.15) is 0 Å². The van der Waals surface area contributed by atoms with E-state index in [0.29, 0.717) is 13.2 Å². The van der Waals surface area contributed by atoms with E-state index in [1.165, 1.54) is 30.2 Å². The molecule has 0 saturated heterocycles. The lowest BCUT2D eigenvalue weighted by molar-refractivity contribution is 0.0652. The van der Waals surface area contributed by atoms with Crippen molar-refractivity contribution in [3.8, 4) is 0 Å². The molecule has 0 bridgehead atoms. The molecule has 0 unspecified atom stereocenters. The monoisotopic (exact) mass is 241 g/mol. The number of hydrogen-bond donors (Lipinski definition) is 1. The Morgan fingerprint density at radius 2 is 2.12 bits per heavy atom. The molecule has 17 heavy (non-hydrogen) atoms. The maximum atomic E-state index is 13.4. The fourth-order valence-corrected chi connectivity index (χ4v) is 1.44. The summed E-state index contributed by atoms with van der Waals surface area (Å²) in [4.78, 5) is 13.3. The van der Waals surface area contributed by atoms with Crippen LogP contribution in [0.25, 0.3) is 0 Å². The fraction of sp³-hybridized carbons (Fsp3) is 0.417. The maximum Gasteiger partial charge on any atom is 0.256 e. The van der Waals surface area contributed by atoms with Gasteiger partial charge in [-0.25, -0.2) is 4.39 Å². The van der Waals surface area contributed by atoms with Gasteiger partial charge in [-0.3, -0.25) is 4.79 Å². The summed E-state index contributed by atoms with van der Waals surface area (Å²) in [5.41, 5.74) is 0.0112. The van der Waals surface area contributed by atoms with E-state index in [1.54, 1.807) is 6.07 Å². The van der Waals surface area contributed by atoms with Crippen LogP contribution in [0, 0.1) is 5.82 Å². The number of benzene rings is 1. The summed E-state index contributed by atoms with van der Waals surface area (Å²) < 4.78 is 18.3. The molecule has 0 aliphatic rings. The maximum absolute atomic E-state index is 13.4. The first-order valence-electron chi connectivity index (χ1n) is 5.34. The molecule has 1 rings (SSSR count). The Hall–Kier alpha value is -1.46. The largest absolute Gasteiger partial charge is 0.395 e. The smallest absolute Gasteiger partial charge is 0.256 e. The summed E-state index contributed by atoms with van der Waals surface area (Å²) in [6, 6.07) is 5.79. The molecule has 1 amide bonds. The number of carbonyl (C=O) groups excluding carboxylic acids is 1. The van der Waals surface area contributed by atoms with E-state index in [9.17, 15) is 9.18 Å². The summed E-state index contributed by atoms with van der Waals surface area (Å²) in [6.07, 6.45) is 0. The standard InChI is InChI=1S/C12H16FNO3/c1-17-9-7-14(6-8-15)12(16)10-4-2-3-5-11(10)13/h2-5,15H,6-9H2,1H3. The molecule has 94 valence electrons. The van der Waals surface area contributed by atoms with Crippen LogP contribution in [0.2, 0.25) is 0 Å². The molecule has 0 heterocycles. The number of halogens is 1. The van der Waals surface area contributed by atoms with E-state index >= 15 is 0 Å². The second kappa shape index (κ2) is 6.98. The molecule has 1 aromatic rings. The third-order valence-electron chi connectivity index (χ3n) is 2.33. The van der Waals surface area contributed by atoms with Crippen molar-refractivity contribution in [1.29, 1.82) is 0 Å². The van der Waals surface area contributed by atoms with E-state index in [-0.39, 0.29) is 18.7 Å². The van der Waals surface area contributed by atoms with Crippen molar-refractivity contribution in [3.05, 3.63) is 35.6 Å². The van der Waals surface area contributed by atoms with Crippen LogP contribution in [-0.2, 0) is 4.74 Å². The lowest BCUT2D eigenvalue weighted by Gasteiger charge is -2.21. The Labute approximate surface area is 99.6 Å². The summed E-state index contributed by atoms with van der Waals surface area (Å²) in [7, 11) is 1.52. The first-order valence-corrected chi connectivity index (χ1v) is 5.34. The molecule has 0 aliphatic carbocycles. The summed E-state index contributed by atoms with van der Waals surface area (Å²) >= 11 is 0. The van der Waals surface area contributed by atoms with Crippen LogP contribution < -0.4 is 0 Å². The van der Waals surface area contributed by atoms with Gasteiger partial charge in [0.05, 0.1) is 18.8 Å². The quantitative estimate of drug-likeness (QED) is 0.805. The molecule has 4 nitrogen and oxygen atoms in total. The molecule has 0 aliphatic heterocycles. The van der Waals surface area contributed by atoms with E-state index in [1.807, 2.05) is 0 Å². The number of aliphatic hydroxyl groups is 1. The number of methoxy groups -OCH3 is 1. The topological polar surface area (TPSA) is 49.8 Å². The molecule has 0 fully saturated rings. The van der Waals surface area contributed by atoms with Crippen molar-refractivity contribution in [3.63, 3.8) is 0 Å². The van der Waals surface area contributed by atoms with Crippen molar-refractivity contribution in [2.45, 2.75) is 0 Å². The fourth-order valence-electron chi connectivity index (χ4n) is 1.44. The van der Waals surface area contributed by atoms with Crippen LogP contribution in [0.3, 0.4) is 0 Å². The third kappa shape index (κ3) is 3.80. The molecule has 1 aromatic carbocycles. The zero-order valence-corrected chi connectivity index (χ0v) is 9.73. The molecule has 0 atom stereocenters. The van der Waals surface area contributed by atoms with Crippen molar-refractivity contribution < 1.29 is 19.0 Å². The molecular formula is C12H16FNO3. The van der Waals surface area contributed by atoms with Gasteiger partial charge in [0.25, 0.3) is 5.91 Å². The van der Waals surface area contributed by atoms with Crippen LogP contribution in [0.15, 0.2) is 24.3 Å². The summed E-state index contributed by atoms with van der Waals surface area (Å²) in [5.74, 6) is -0.993. The molecule has 1 N–H and O–H groups in total. The minimum atomic E-state index is -0.558. The van der Waals surface area contributed by atoms with Crippen LogP contribution in [0.4, 0.5) is 4.39 Å². The second-order valence-electron chi connectivity index (χ2n) is 3.49. The van der Waals surface area contributed by atoms with Gasteiger partial charge in [0.2, 0.25) is 0 Å². The Morgan fingerprint density at radius 3 is 2.71 bits per heavy atom. The number of rotatable bonds is 6. The predicted molar refractivity (Wildman–Crippen MR) is 61.3 cm³/mol. The van der Waals surface area contributed by atoms with Crippen LogP contribution in [0.1, 0.15) is 10.4 Å². The second-order valence-corrected chi connectivity index (χ2v) is 3.49. The zero-order chi connectivity index (χ0) is 12.7. The van der Waals surface area contributed by atoms with Crippen LogP contribution in [-0.4, -0.2) is 49.3 Å². The van der Waals surface area contributed by atoms with Gasteiger partial charge in [-0.15, -0.1) is 0 Å². The van der Waals surface area contributed by atoms with Crippen molar-refractivity contribution >= 4 is 5.91 Å². The highest BCUT2D eigenvalue weighted by Crippen LogP contribution is 2.09. The van der Waals surface area contributed by atoms with E-state index in [2.05, 4.69) is 0 Å². The zero-order valence-electron chi connectivity index (χ0n) is 9.73. The van der Waals surface area contributed by atoms with Crippen molar-refractivity contribution in [2.75, 3.05) is 33.4 Å². The highest BCUT2D eigenvalue weighted by molar-refractivity contribution is 5.94. The van der Waals surface area contributed by atoms with E-state index in [4.69, 9.17) is 9.84 Å². The van der Waals surface area contributed by atoms with Gasteiger partial charge >= 0.3 is 0 Å². The van der Waals surface area contributed by atoms with Crippen molar-refractivity contribution in [1.82, 2.24) is 4.90 Å². The number of carbonyl (C=O) groups is 1. The third-order valence-corrected chi connectivity index (χ3v) is 2.33. The summed E-state index contributed by atoms with van der Waals surface area (Å²) in [5, 5.41) is 8.87. The lowest BCUT2D eigenvalue weighted by atomic mass is 10.2. The molecule has 0 saturated carbocycles. The van der Waals surface area contributed by atoms with E-state index in [0.717, 1.165) is 0 Å². The molecular weight excluding hydrogens is 225 g/mol. The highest BCUT2D eigenvalue weighted by atomic mass is 19.1. The average molecular weight is 241 g/mol. The first kappa shape index (κ1) is 13.6. The minimum absolute atomic E-state index is 0.0112. The van der Waals surface area contributed by atoms with Gasteiger partial charge < -0.3 is 14.7 Å². The Balaban J connectivity index is 2.80. The van der Waals surface area contributed by atoms with E-state index < -0.39 is 11.7 Å². The Bertz CT molecular complexity index is 371. The molecule has 5 heteroatoms. The number of aliphatic hydroxyl groups excluding tert-OH is 1. The average Bonchev–Trinajstić information content (AvgIpc) is 2.34.